The molecule has 2 aromatic carbocycles. The van der Waals surface area contributed by atoms with E-state index in [-0.39, 0.29) is 12.8 Å². The van der Waals surface area contributed by atoms with Gasteiger partial charge in [-0.05, 0) is 11.1 Å². The van der Waals surface area contributed by atoms with Crippen LogP contribution in [0.2, 0.25) is 0 Å². The highest BCUT2D eigenvalue weighted by Gasteiger charge is 2.07. The molecule has 92 valence electrons. The summed E-state index contributed by atoms with van der Waals surface area (Å²) >= 11 is 0. The average molecular weight is 244 g/mol. The molecular weight excluding hydrogens is 230 g/mol. The monoisotopic (exact) mass is 244 g/mol. The smallest absolute Gasteiger partial charge is 0.136 e. The summed E-state index contributed by atoms with van der Waals surface area (Å²) in [6, 6.07) is 18.1. The van der Waals surface area contributed by atoms with Crippen molar-refractivity contribution in [3.05, 3.63) is 83.4 Å². The Labute approximate surface area is 106 Å². The van der Waals surface area contributed by atoms with Gasteiger partial charge in [0.05, 0.1) is 0 Å². The zero-order valence-corrected chi connectivity index (χ0v) is 9.94. The summed E-state index contributed by atoms with van der Waals surface area (Å²) in [6.45, 7) is 0. The second kappa shape index (κ2) is 6.10. The van der Waals surface area contributed by atoms with Crippen molar-refractivity contribution in [2.24, 2.45) is 0 Å². The Morgan fingerprint density at radius 1 is 0.611 bits per heavy atom. The predicted molar refractivity (Wildman–Crippen MR) is 69.5 cm³/mol. The van der Waals surface area contributed by atoms with Crippen molar-refractivity contribution in [1.29, 1.82) is 0 Å². The summed E-state index contributed by atoms with van der Waals surface area (Å²) < 4.78 is 27.3. The van der Waals surface area contributed by atoms with Gasteiger partial charge in [-0.2, -0.15) is 0 Å². The Bertz CT molecular complexity index is 466. The minimum atomic E-state index is -0.690. The number of hydrogen-bond donors (Lipinski definition) is 0. The van der Waals surface area contributed by atoms with Crippen LogP contribution in [-0.4, -0.2) is 0 Å². The first-order valence-corrected chi connectivity index (χ1v) is 5.86. The maximum absolute atomic E-state index is 13.7. The second-order valence-corrected chi connectivity index (χ2v) is 4.13. The number of rotatable bonds is 4. The van der Waals surface area contributed by atoms with Gasteiger partial charge in [0.25, 0.3) is 0 Å². The van der Waals surface area contributed by atoms with Gasteiger partial charge in [-0.25, -0.2) is 8.78 Å². The molecule has 0 aromatic heterocycles. The Morgan fingerprint density at radius 3 is 1.28 bits per heavy atom. The van der Waals surface area contributed by atoms with Crippen molar-refractivity contribution in [1.82, 2.24) is 0 Å². The highest BCUT2D eigenvalue weighted by Crippen LogP contribution is 2.18. The van der Waals surface area contributed by atoms with Crippen LogP contribution >= 0.6 is 0 Å². The first-order valence-electron chi connectivity index (χ1n) is 5.86. The largest absolute Gasteiger partial charge is 0.209 e. The highest BCUT2D eigenvalue weighted by molar-refractivity contribution is 5.24. The third-order valence-corrected chi connectivity index (χ3v) is 2.70. The summed E-state index contributed by atoms with van der Waals surface area (Å²) in [4.78, 5) is 0. The molecule has 0 N–H and O–H groups in total. The average Bonchev–Trinajstić information content (AvgIpc) is 2.41. The van der Waals surface area contributed by atoms with Crippen molar-refractivity contribution < 1.29 is 8.78 Å². The normalized spacial score (nSPS) is 12.1. The number of allylic oxidation sites excluding steroid dienone is 2. The van der Waals surface area contributed by atoms with E-state index in [0.29, 0.717) is 0 Å². The highest BCUT2D eigenvalue weighted by atomic mass is 19.2. The zero-order valence-electron chi connectivity index (χ0n) is 9.94. The molecule has 0 saturated carbocycles. The van der Waals surface area contributed by atoms with Gasteiger partial charge in [-0.15, -0.1) is 0 Å². The number of benzene rings is 2. The Balaban J connectivity index is 2.06. The van der Waals surface area contributed by atoms with Crippen molar-refractivity contribution >= 4 is 0 Å². The minimum absolute atomic E-state index is 0.0134. The van der Waals surface area contributed by atoms with Gasteiger partial charge < -0.3 is 0 Å². The van der Waals surface area contributed by atoms with Crippen LogP contribution < -0.4 is 0 Å². The molecule has 0 spiro atoms. The SMILES string of the molecule is FC(Cc1ccccc1)=C(F)Cc1ccccc1. The molecule has 0 bridgehead atoms. The third kappa shape index (κ3) is 3.52. The lowest BCUT2D eigenvalue weighted by Crippen LogP contribution is -1.92. The summed E-state index contributed by atoms with van der Waals surface area (Å²) in [6.07, 6.45) is 0.0268. The van der Waals surface area contributed by atoms with Crippen LogP contribution in [0.25, 0.3) is 0 Å². The van der Waals surface area contributed by atoms with E-state index in [0.717, 1.165) is 11.1 Å². The molecule has 0 aliphatic carbocycles. The molecule has 0 aliphatic rings. The fraction of sp³-hybridized carbons (Fsp3) is 0.125. The van der Waals surface area contributed by atoms with E-state index in [1.54, 1.807) is 24.3 Å². The maximum Gasteiger partial charge on any atom is 0.136 e. The first-order chi connectivity index (χ1) is 8.75. The lowest BCUT2D eigenvalue weighted by atomic mass is 10.1. The molecule has 0 fully saturated rings. The minimum Gasteiger partial charge on any atom is -0.209 e. The Hall–Kier alpha value is -1.96. The Morgan fingerprint density at radius 2 is 0.944 bits per heavy atom. The van der Waals surface area contributed by atoms with E-state index < -0.39 is 11.7 Å². The summed E-state index contributed by atoms with van der Waals surface area (Å²) in [7, 11) is 0. The number of halogens is 2. The zero-order chi connectivity index (χ0) is 12.8. The second-order valence-electron chi connectivity index (χ2n) is 4.13. The number of hydrogen-bond acceptors (Lipinski definition) is 0. The van der Waals surface area contributed by atoms with Crippen LogP contribution in [-0.2, 0) is 12.8 Å². The molecule has 0 saturated heterocycles. The van der Waals surface area contributed by atoms with E-state index in [9.17, 15) is 8.78 Å². The summed E-state index contributed by atoms with van der Waals surface area (Å²) in [5.74, 6) is -1.38. The molecule has 2 heteroatoms. The van der Waals surface area contributed by atoms with Crippen LogP contribution in [0, 0.1) is 0 Å². The molecule has 2 rings (SSSR count). The van der Waals surface area contributed by atoms with Crippen molar-refractivity contribution in [3.63, 3.8) is 0 Å². The van der Waals surface area contributed by atoms with Crippen molar-refractivity contribution in [2.75, 3.05) is 0 Å². The van der Waals surface area contributed by atoms with Gasteiger partial charge in [0.15, 0.2) is 0 Å². The van der Waals surface area contributed by atoms with E-state index in [2.05, 4.69) is 0 Å². The molecular formula is C16H14F2. The standard InChI is InChI=1S/C16H14F2/c17-15(11-13-7-3-1-4-8-13)16(18)12-14-9-5-2-6-10-14/h1-10H,11-12H2. The topological polar surface area (TPSA) is 0 Å². The fourth-order valence-electron chi connectivity index (χ4n) is 1.74. The lowest BCUT2D eigenvalue weighted by molar-refractivity contribution is 0.508. The van der Waals surface area contributed by atoms with E-state index >= 15 is 0 Å². The maximum atomic E-state index is 13.7. The summed E-state index contributed by atoms with van der Waals surface area (Å²) in [5.41, 5.74) is 1.55. The van der Waals surface area contributed by atoms with Crippen molar-refractivity contribution in [3.8, 4) is 0 Å². The third-order valence-electron chi connectivity index (χ3n) is 2.70. The molecule has 0 radical (unpaired) electrons. The van der Waals surface area contributed by atoms with Crippen LogP contribution in [0.4, 0.5) is 8.78 Å². The van der Waals surface area contributed by atoms with Gasteiger partial charge in [0, 0.05) is 12.8 Å². The van der Waals surface area contributed by atoms with Crippen LogP contribution in [0.3, 0.4) is 0 Å². The molecule has 2 aromatic rings. The quantitative estimate of drug-likeness (QED) is 0.736. The van der Waals surface area contributed by atoms with E-state index in [1.807, 2.05) is 36.4 Å². The van der Waals surface area contributed by atoms with Gasteiger partial charge in [-0.3, -0.25) is 0 Å². The van der Waals surface area contributed by atoms with Gasteiger partial charge in [0.2, 0.25) is 0 Å². The molecule has 0 atom stereocenters. The first kappa shape index (κ1) is 12.5. The van der Waals surface area contributed by atoms with E-state index in [1.165, 1.54) is 0 Å². The molecule has 18 heavy (non-hydrogen) atoms. The lowest BCUT2D eigenvalue weighted by Gasteiger charge is -2.02. The molecule has 0 unspecified atom stereocenters. The Kier molecular flexibility index (Phi) is 4.24. The van der Waals surface area contributed by atoms with Crippen LogP contribution in [0.5, 0.6) is 0 Å². The van der Waals surface area contributed by atoms with Crippen LogP contribution in [0.1, 0.15) is 11.1 Å². The molecule has 0 aliphatic heterocycles. The fourth-order valence-corrected chi connectivity index (χ4v) is 1.74. The van der Waals surface area contributed by atoms with E-state index in [4.69, 9.17) is 0 Å². The van der Waals surface area contributed by atoms with Crippen LogP contribution in [0.15, 0.2) is 72.3 Å². The molecule has 0 heterocycles. The molecule has 0 nitrogen and oxygen atoms in total. The van der Waals surface area contributed by atoms with Gasteiger partial charge in [0.1, 0.15) is 11.7 Å². The van der Waals surface area contributed by atoms with Gasteiger partial charge >= 0.3 is 0 Å². The van der Waals surface area contributed by atoms with Gasteiger partial charge in [-0.1, -0.05) is 60.7 Å². The van der Waals surface area contributed by atoms with Crippen molar-refractivity contribution in [2.45, 2.75) is 12.8 Å². The summed E-state index contributed by atoms with van der Waals surface area (Å²) in [5, 5.41) is 0. The molecule has 0 amide bonds. The predicted octanol–water partition coefficient (Wildman–Crippen LogP) is 4.62.